The largest absolute Gasteiger partial charge is 0.457 e. The Labute approximate surface area is 195 Å². The SMILES string of the molecule is O=C(COC(=O)C(F)(C(F)(F)F)S(=O)(=O)O)OC12CC3CC(C1)C1(SCC(CO)S1)C(C3)C2. The summed E-state index contributed by atoms with van der Waals surface area (Å²) in [5, 5.41) is 3.95. The average molecular weight is 539 g/mol. The van der Waals surface area contributed by atoms with Crippen LogP contribution in [-0.2, 0) is 29.2 Å². The van der Waals surface area contributed by atoms with Gasteiger partial charge < -0.3 is 14.6 Å². The molecule has 0 radical (unpaired) electrons. The molecule has 0 amide bonds. The van der Waals surface area contributed by atoms with Gasteiger partial charge in [-0.1, -0.05) is 0 Å². The van der Waals surface area contributed by atoms with Crippen LogP contribution in [0.3, 0.4) is 0 Å². The molecule has 0 aromatic rings. The lowest BCUT2D eigenvalue weighted by Crippen LogP contribution is -2.61. The lowest BCUT2D eigenvalue weighted by atomic mass is 9.53. The van der Waals surface area contributed by atoms with Gasteiger partial charge in [0.05, 0.1) is 10.7 Å². The topological polar surface area (TPSA) is 127 Å². The number of halogens is 4. The Morgan fingerprint density at radius 3 is 2.18 bits per heavy atom. The zero-order valence-electron chi connectivity index (χ0n) is 17.0. The maximum atomic E-state index is 14.0. The van der Waals surface area contributed by atoms with E-state index in [0.717, 1.165) is 18.6 Å². The van der Waals surface area contributed by atoms with Crippen molar-refractivity contribution >= 4 is 45.6 Å². The summed E-state index contributed by atoms with van der Waals surface area (Å²) < 4.78 is 92.2. The molecule has 5 aliphatic rings. The Balaban J connectivity index is 1.42. The van der Waals surface area contributed by atoms with E-state index in [-0.39, 0.29) is 27.8 Å². The standard InChI is InChI=1S/C18H22F4O8S3/c19-17(18(20,21)22,33(26,27)28)14(25)29-7-13(24)30-15-3-9-1-10(4-15)16(11(2-9)5-15)31-8-12(6-23)32-16/h9-12,23H,1-8H2,(H,26,27,28). The minimum absolute atomic E-state index is 0.0747. The molecule has 5 rings (SSSR count). The smallest absolute Gasteiger partial charge is 0.451 e. The molecule has 0 aromatic carbocycles. The molecule has 188 valence electrons. The van der Waals surface area contributed by atoms with E-state index in [4.69, 9.17) is 9.29 Å². The van der Waals surface area contributed by atoms with E-state index in [2.05, 4.69) is 4.74 Å². The number of hydrogen-bond donors (Lipinski definition) is 2. The summed E-state index contributed by atoms with van der Waals surface area (Å²) in [5.74, 6) is -2.67. The summed E-state index contributed by atoms with van der Waals surface area (Å²) in [6.07, 6.45) is -2.87. The van der Waals surface area contributed by atoms with Crippen molar-refractivity contribution in [2.75, 3.05) is 19.0 Å². The van der Waals surface area contributed by atoms with E-state index in [1.807, 2.05) is 11.8 Å². The number of thioether (sulfide) groups is 2. The first-order valence-corrected chi connectivity index (χ1v) is 13.5. The first-order valence-electron chi connectivity index (χ1n) is 10.2. The molecule has 2 N–H and O–H groups in total. The van der Waals surface area contributed by atoms with Gasteiger partial charge in [0.15, 0.2) is 6.61 Å². The first-order chi connectivity index (χ1) is 15.2. The molecule has 4 bridgehead atoms. The summed E-state index contributed by atoms with van der Waals surface area (Å²) >= 11 is 3.58. The fraction of sp³-hybridized carbons (Fsp3) is 0.889. The molecular formula is C18H22F4O8S3. The molecule has 15 heteroatoms. The molecule has 0 aromatic heterocycles. The Hall–Kier alpha value is -0.770. The molecule has 4 saturated carbocycles. The number of rotatable bonds is 6. The van der Waals surface area contributed by atoms with Crippen LogP contribution in [0.25, 0.3) is 0 Å². The second kappa shape index (κ2) is 8.14. The molecular weight excluding hydrogens is 516 g/mol. The number of ether oxygens (including phenoxy) is 2. The predicted molar refractivity (Wildman–Crippen MR) is 108 cm³/mol. The van der Waals surface area contributed by atoms with Crippen LogP contribution in [0.1, 0.15) is 32.1 Å². The minimum Gasteiger partial charge on any atom is -0.457 e. The summed E-state index contributed by atoms with van der Waals surface area (Å²) in [7, 11) is -6.57. The summed E-state index contributed by atoms with van der Waals surface area (Å²) in [4.78, 5) is 23.9. The molecule has 4 atom stereocenters. The van der Waals surface area contributed by atoms with Crippen molar-refractivity contribution in [1.29, 1.82) is 0 Å². The third-order valence-electron chi connectivity index (χ3n) is 6.95. The Bertz CT molecular complexity index is 925. The van der Waals surface area contributed by atoms with E-state index in [9.17, 15) is 40.7 Å². The average Bonchev–Trinajstić information content (AvgIpc) is 3.12. The van der Waals surface area contributed by atoms with Crippen molar-refractivity contribution in [2.24, 2.45) is 17.8 Å². The number of carbonyl (C=O) groups is 2. The Morgan fingerprint density at radius 1 is 1.09 bits per heavy atom. The van der Waals surface area contributed by atoms with Gasteiger partial charge in [-0.2, -0.15) is 21.6 Å². The highest BCUT2D eigenvalue weighted by atomic mass is 32.2. The zero-order chi connectivity index (χ0) is 24.4. The molecule has 4 aliphatic carbocycles. The van der Waals surface area contributed by atoms with Gasteiger partial charge >= 0.3 is 33.2 Å². The third-order valence-corrected chi connectivity index (χ3v) is 12.3. The van der Waals surface area contributed by atoms with Crippen LogP contribution in [0, 0.1) is 17.8 Å². The molecule has 1 heterocycles. The van der Waals surface area contributed by atoms with Gasteiger partial charge in [-0.15, -0.1) is 23.5 Å². The van der Waals surface area contributed by atoms with Gasteiger partial charge in [0.1, 0.15) is 5.60 Å². The summed E-state index contributed by atoms with van der Waals surface area (Å²) in [6, 6.07) is 0. The second-order valence-electron chi connectivity index (χ2n) is 9.10. The minimum atomic E-state index is -6.57. The van der Waals surface area contributed by atoms with Crippen molar-refractivity contribution in [1.82, 2.24) is 0 Å². The van der Waals surface area contributed by atoms with E-state index < -0.39 is 45.4 Å². The van der Waals surface area contributed by atoms with Crippen LogP contribution in [0.4, 0.5) is 17.6 Å². The number of esters is 2. The lowest BCUT2D eigenvalue weighted by Gasteiger charge is -2.63. The van der Waals surface area contributed by atoms with Crippen LogP contribution < -0.4 is 0 Å². The van der Waals surface area contributed by atoms with Crippen LogP contribution in [0.2, 0.25) is 0 Å². The Kier molecular flexibility index (Phi) is 6.24. The number of alkyl halides is 4. The normalized spacial score (nSPS) is 39.5. The van der Waals surface area contributed by atoms with Crippen LogP contribution >= 0.6 is 23.5 Å². The summed E-state index contributed by atoms with van der Waals surface area (Å²) in [5.41, 5.74) is -0.885. The van der Waals surface area contributed by atoms with Crippen LogP contribution in [0.5, 0.6) is 0 Å². The van der Waals surface area contributed by atoms with Gasteiger partial charge in [0.25, 0.3) is 0 Å². The maximum absolute atomic E-state index is 14.0. The summed E-state index contributed by atoms with van der Waals surface area (Å²) in [6.45, 7) is -1.36. The molecule has 1 saturated heterocycles. The van der Waals surface area contributed by atoms with Gasteiger partial charge in [-0.3, -0.25) is 4.55 Å². The number of aliphatic hydroxyl groups is 1. The van der Waals surface area contributed by atoms with Crippen molar-refractivity contribution in [3.8, 4) is 0 Å². The fourth-order valence-corrected chi connectivity index (χ4v) is 10.5. The van der Waals surface area contributed by atoms with E-state index in [1.54, 1.807) is 11.8 Å². The molecule has 1 aliphatic heterocycles. The van der Waals surface area contributed by atoms with Gasteiger partial charge in [-0.05, 0) is 49.9 Å². The number of carbonyl (C=O) groups excluding carboxylic acids is 2. The monoisotopic (exact) mass is 538 g/mol. The molecule has 5 fully saturated rings. The molecule has 1 spiro atoms. The highest BCUT2D eigenvalue weighted by Crippen LogP contribution is 2.71. The number of hydrogen-bond acceptors (Lipinski definition) is 9. The maximum Gasteiger partial charge on any atom is 0.451 e. The van der Waals surface area contributed by atoms with Gasteiger partial charge in [0, 0.05) is 11.0 Å². The molecule has 8 nitrogen and oxygen atoms in total. The Morgan fingerprint density at radius 2 is 1.70 bits per heavy atom. The highest BCUT2D eigenvalue weighted by Gasteiger charge is 2.73. The quantitative estimate of drug-likeness (QED) is 0.295. The highest BCUT2D eigenvalue weighted by molar-refractivity contribution is 8.21. The molecule has 4 unspecified atom stereocenters. The van der Waals surface area contributed by atoms with Crippen LogP contribution in [-0.4, -0.2) is 75.1 Å². The van der Waals surface area contributed by atoms with Crippen molar-refractivity contribution in [3.05, 3.63) is 0 Å². The fourth-order valence-electron chi connectivity index (χ4n) is 5.91. The van der Waals surface area contributed by atoms with Gasteiger partial charge in [-0.25, -0.2) is 14.0 Å². The molecule has 33 heavy (non-hydrogen) atoms. The third kappa shape index (κ3) is 4.04. The zero-order valence-corrected chi connectivity index (χ0v) is 19.5. The predicted octanol–water partition coefficient (Wildman–Crippen LogP) is 2.30. The van der Waals surface area contributed by atoms with Crippen molar-refractivity contribution in [2.45, 2.75) is 58.2 Å². The van der Waals surface area contributed by atoms with E-state index in [1.165, 1.54) is 0 Å². The number of aliphatic hydroxyl groups excluding tert-OH is 1. The van der Waals surface area contributed by atoms with Crippen molar-refractivity contribution < 1.29 is 54.7 Å². The second-order valence-corrected chi connectivity index (χ2v) is 13.7. The van der Waals surface area contributed by atoms with E-state index >= 15 is 0 Å². The van der Waals surface area contributed by atoms with Gasteiger partial charge in [0.2, 0.25) is 0 Å². The van der Waals surface area contributed by atoms with E-state index in [0.29, 0.717) is 25.2 Å². The first kappa shape index (κ1) is 25.3. The lowest BCUT2D eigenvalue weighted by molar-refractivity contribution is -0.218. The van der Waals surface area contributed by atoms with Crippen LogP contribution in [0.15, 0.2) is 0 Å². The van der Waals surface area contributed by atoms with Crippen molar-refractivity contribution in [3.63, 3.8) is 0 Å².